The molecule has 0 radical (unpaired) electrons. The molecular weight excluding hydrogens is 466 g/mol. The monoisotopic (exact) mass is 505 g/mol. The van der Waals surface area contributed by atoms with Crippen LogP contribution in [-0.4, -0.2) is 25.3 Å². The summed E-state index contributed by atoms with van der Waals surface area (Å²) in [6, 6.07) is 22.2. The molecule has 3 nitrogen and oxygen atoms in total. The average Bonchev–Trinajstić information content (AvgIpc) is 3.14. The van der Waals surface area contributed by atoms with E-state index in [9.17, 15) is 5.11 Å². The Labute approximate surface area is 227 Å². The lowest BCUT2D eigenvalue weighted by Gasteiger charge is -2.30. The Hall–Kier alpha value is -3.46. The van der Waals surface area contributed by atoms with Gasteiger partial charge in [0.15, 0.2) is 0 Å². The van der Waals surface area contributed by atoms with Crippen LogP contribution in [0.3, 0.4) is 0 Å². The van der Waals surface area contributed by atoms with Gasteiger partial charge < -0.3 is 14.7 Å². The van der Waals surface area contributed by atoms with E-state index in [1.165, 1.54) is 58.2 Å². The van der Waals surface area contributed by atoms with E-state index < -0.39 is 0 Å². The number of fused-ring (bicyclic) bond motifs is 5. The van der Waals surface area contributed by atoms with Crippen molar-refractivity contribution in [2.45, 2.75) is 64.7 Å². The van der Waals surface area contributed by atoms with Crippen LogP contribution in [0.5, 0.6) is 11.5 Å². The molecule has 0 aromatic heterocycles. The zero-order chi connectivity index (χ0) is 26.8. The van der Waals surface area contributed by atoms with Gasteiger partial charge in [-0.25, -0.2) is 0 Å². The van der Waals surface area contributed by atoms with Gasteiger partial charge in [0.1, 0.15) is 11.5 Å². The van der Waals surface area contributed by atoms with E-state index in [1.54, 1.807) is 7.11 Å². The Morgan fingerprint density at radius 1 is 0.789 bits per heavy atom. The zero-order valence-electron chi connectivity index (χ0n) is 23.6. The van der Waals surface area contributed by atoms with Crippen LogP contribution in [0.2, 0.25) is 0 Å². The SMILES string of the molecule is COc1cc2c(O)cc3c(c2cc1N1CCCCC1)-c1ccc(-c2ccc(C(C)(C)C)cc2)cc1C3(C)C. The zero-order valence-corrected chi connectivity index (χ0v) is 23.6. The third kappa shape index (κ3) is 3.86. The lowest BCUT2D eigenvalue weighted by molar-refractivity contribution is 0.413. The second-order valence-corrected chi connectivity index (χ2v) is 12.6. The van der Waals surface area contributed by atoms with Gasteiger partial charge in [0.05, 0.1) is 12.8 Å². The van der Waals surface area contributed by atoms with Gasteiger partial charge in [-0.2, -0.15) is 0 Å². The molecule has 38 heavy (non-hydrogen) atoms. The number of hydrogen-bond donors (Lipinski definition) is 1. The molecule has 6 rings (SSSR count). The third-order valence-electron chi connectivity index (χ3n) is 8.83. The second kappa shape index (κ2) is 8.80. The summed E-state index contributed by atoms with van der Waals surface area (Å²) < 4.78 is 5.83. The van der Waals surface area contributed by atoms with Crippen molar-refractivity contribution < 1.29 is 9.84 Å². The number of phenolic OH excluding ortho intramolecular Hbond substituents is 1. The summed E-state index contributed by atoms with van der Waals surface area (Å²) in [5.41, 5.74) is 9.87. The molecule has 0 bridgehead atoms. The summed E-state index contributed by atoms with van der Waals surface area (Å²) in [5.74, 6) is 1.15. The third-order valence-corrected chi connectivity index (χ3v) is 8.83. The molecule has 2 aliphatic rings. The highest BCUT2D eigenvalue weighted by Crippen LogP contribution is 2.55. The van der Waals surface area contributed by atoms with Crippen molar-refractivity contribution in [1.29, 1.82) is 0 Å². The van der Waals surface area contributed by atoms with Gasteiger partial charge in [0.25, 0.3) is 0 Å². The molecule has 196 valence electrons. The number of benzene rings is 4. The fraction of sp³-hybridized carbons (Fsp3) is 0.371. The van der Waals surface area contributed by atoms with E-state index in [2.05, 4.69) is 88.0 Å². The molecule has 0 spiro atoms. The number of rotatable bonds is 3. The van der Waals surface area contributed by atoms with Crippen molar-refractivity contribution in [3.63, 3.8) is 0 Å². The van der Waals surface area contributed by atoms with Crippen LogP contribution in [-0.2, 0) is 10.8 Å². The van der Waals surface area contributed by atoms with Crippen LogP contribution in [0, 0.1) is 0 Å². The van der Waals surface area contributed by atoms with Crippen molar-refractivity contribution in [3.05, 3.63) is 77.4 Å². The standard InChI is InChI=1S/C35H39NO2/c1-34(2,3)24-13-10-22(11-14-24)23-12-15-25-28(18-23)35(4,5)29-21-31(37)26-20-32(38-6)30(19-27(26)33(25)29)36-16-8-7-9-17-36/h10-15,18-21,37H,7-9,16-17H2,1-6H3. The quantitative estimate of drug-likeness (QED) is 0.302. The van der Waals surface area contributed by atoms with Gasteiger partial charge in [-0.05, 0) is 93.3 Å². The molecular formula is C35H39NO2. The van der Waals surface area contributed by atoms with Gasteiger partial charge in [-0.3, -0.25) is 0 Å². The number of ether oxygens (including phenoxy) is 1. The number of anilines is 1. The van der Waals surface area contributed by atoms with Crippen molar-refractivity contribution >= 4 is 16.5 Å². The van der Waals surface area contributed by atoms with E-state index in [-0.39, 0.29) is 10.8 Å². The lowest BCUT2D eigenvalue weighted by Crippen LogP contribution is -2.29. The first-order valence-electron chi connectivity index (χ1n) is 14.0. The Balaban J connectivity index is 1.52. The van der Waals surface area contributed by atoms with Gasteiger partial charge >= 0.3 is 0 Å². The van der Waals surface area contributed by atoms with Crippen molar-refractivity contribution in [2.75, 3.05) is 25.1 Å². The summed E-state index contributed by atoms with van der Waals surface area (Å²) in [4.78, 5) is 2.45. The molecule has 1 N–H and O–H groups in total. The van der Waals surface area contributed by atoms with Crippen LogP contribution < -0.4 is 9.64 Å². The number of piperidine rings is 1. The number of hydrogen-bond acceptors (Lipinski definition) is 3. The minimum Gasteiger partial charge on any atom is -0.507 e. The highest BCUT2D eigenvalue weighted by Gasteiger charge is 2.38. The first-order valence-corrected chi connectivity index (χ1v) is 14.0. The molecule has 4 aromatic rings. The minimum atomic E-state index is -0.219. The van der Waals surface area contributed by atoms with Gasteiger partial charge in [-0.15, -0.1) is 0 Å². The van der Waals surface area contributed by atoms with E-state index in [0.29, 0.717) is 5.75 Å². The molecule has 4 aromatic carbocycles. The fourth-order valence-electron chi connectivity index (χ4n) is 6.51. The summed E-state index contributed by atoms with van der Waals surface area (Å²) in [5, 5.41) is 13.2. The molecule has 1 heterocycles. The Morgan fingerprint density at radius 3 is 2.13 bits per heavy atom. The van der Waals surface area contributed by atoms with E-state index in [4.69, 9.17) is 4.74 Å². The molecule has 1 fully saturated rings. The normalized spacial score (nSPS) is 16.4. The largest absolute Gasteiger partial charge is 0.507 e. The molecule has 1 saturated heterocycles. The van der Waals surface area contributed by atoms with E-state index in [1.807, 2.05) is 12.1 Å². The predicted molar refractivity (Wildman–Crippen MR) is 160 cm³/mol. The number of phenols is 1. The highest BCUT2D eigenvalue weighted by molar-refractivity contribution is 6.07. The Kier molecular flexibility index (Phi) is 5.75. The molecule has 0 amide bonds. The fourth-order valence-corrected chi connectivity index (χ4v) is 6.51. The summed E-state index contributed by atoms with van der Waals surface area (Å²) in [6.45, 7) is 13.4. The lowest BCUT2D eigenvalue weighted by atomic mass is 9.81. The van der Waals surface area contributed by atoms with Crippen molar-refractivity contribution in [1.82, 2.24) is 0 Å². The second-order valence-electron chi connectivity index (χ2n) is 12.6. The Bertz CT molecular complexity index is 1530. The average molecular weight is 506 g/mol. The molecule has 1 aliphatic heterocycles. The van der Waals surface area contributed by atoms with Crippen LogP contribution in [0.15, 0.2) is 60.7 Å². The van der Waals surface area contributed by atoms with Gasteiger partial charge in [-0.1, -0.05) is 71.0 Å². The molecule has 0 unspecified atom stereocenters. The minimum absolute atomic E-state index is 0.138. The maximum absolute atomic E-state index is 11.2. The van der Waals surface area contributed by atoms with Crippen LogP contribution >= 0.6 is 0 Å². The predicted octanol–water partition coefficient (Wildman–Crippen LogP) is 8.82. The summed E-state index contributed by atoms with van der Waals surface area (Å²) in [7, 11) is 1.73. The van der Waals surface area contributed by atoms with Gasteiger partial charge in [0.2, 0.25) is 0 Å². The van der Waals surface area contributed by atoms with Crippen LogP contribution in [0.25, 0.3) is 33.0 Å². The van der Waals surface area contributed by atoms with E-state index >= 15 is 0 Å². The number of nitrogens with zero attached hydrogens (tertiary/aromatic N) is 1. The summed E-state index contributed by atoms with van der Waals surface area (Å²) in [6.07, 6.45) is 3.69. The first-order chi connectivity index (χ1) is 18.1. The van der Waals surface area contributed by atoms with Crippen molar-refractivity contribution in [2.24, 2.45) is 0 Å². The maximum Gasteiger partial charge on any atom is 0.142 e. The van der Waals surface area contributed by atoms with Crippen LogP contribution in [0.1, 0.15) is 70.6 Å². The number of aromatic hydroxyl groups is 1. The number of methoxy groups -OCH3 is 1. The molecule has 1 aliphatic carbocycles. The highest BCUT2D eigenvalue weighted by atomic mass is 16.5. The topological polar surface area (TPSA) is 32.7 Å². The first kappa shape index (κ1) is 24.9. The smallest absolute Gasteiger partial charge is 0.142 e. The van der Waals surface area contributed by atoms with E-state index in [0.717, 1.165) is 35.3 Å². The molecule has 3 heteroatoms. The van der Waals surface area contributed by atoms with Crippen LogP contribution in [0.4, 0.5) is 5.69 Å². The summed E-state index contributed by atoms with van der Waals surface area (Å²) >= 11 is 0. The maximum atomic E-state index is 11.2. The van der Waals surface area contributed by atoms with Gasteiger partial charge in [0, 0.05) is 23.9 Å². The molecule has 0 atom stereocenters. The van der Waals surface area contributed by atoms with Crippen molar-refractivity contribution in [3.8, 4) is 33.8 Å². The Morgan fingerprint density at radius 2 is 1.47 bits per heavy atom. The molecule has 0 saturated carbocycles.